The van der Waals surface area contributed by atoms with Crippen LogP contribution in [0.4, 0.5) is 0 Å². The molecule has 1 aromatic heterocycles. The molecule has 0 aliphatic heterocycles. The molecule has 0 bridgehead atoms. The minimum Gasteiger partial charge on any atom is -0.309 e. The van der Waals surface area contributed by atoms with E-state index in [4.69, 9.17) is 0 Å². The molecule has 0 saturated heterocycles. The van der Waals surface area contributed by atoms with Gasteiger partial charge in [0, 0.05) is 22.0 Å². The number of benzene rings is 5. The summed E-state index contributed by atoms with van der Waals surface area (Å²) in [7, 11) is 0. The zero-order valence-corrected chi connectivity index (χ0v) is 18.8. The lowest BCUT2D eigenvalue weighted by Crippen LogP contribution is -1.96. The minimum atomic E-state index is 0.493. The first-order chi connectivity index (χ1) is 17.3. The van der Waals surface area contributed by atoms with Crippen molar-refractivity contribution in [3.63, 3.8) is 0 Å². The lowest BCUT2D eigenvalue weighted by Gasteiger charge is -2.15. The van der Waals surface area contributed by atoms with E-state index in [1.165, 1.54) is 0 Å². The summed E-state index contributed by atoms with van der Waals surface area (Å²) in [6.07, 6.45) is 0. The summed E-state index contributed by atoms with van der Waals surface area (Å²) in [5, 5.41) is 22.1. The summed E-state index contributed by atoms with van der Waals surface area (Å²) in [5.41, 5.74) is 7.83. The average molecular weight is 446 g/mol. The van der Waals surface area contributed by atoms with E-state index in [0.29, 0.717) is 16.7 Å². The molecule has 0 spiro atoms. The molecule has 3 nitrogen and oxygen atoms in total. The van der Waals surface area contributed by atoms with Crippen molar-refractivity contribution in [2.75, 3.05) is 0 Å². The fraction of sp³-hybridized carbons (Fsp3) is 0. The molecule has 0 N–H and O–H groups in total. The third kappa shape index (κ3) is 3.27. The third-order valence-electron chi connectivity index (χ3n) is 6.49. The first-order valence-electron chi connectivity index (χ1n) is 11.4. The Bertz CT molecular complexity index is 1770. The largest absolute Gasteiger partial charge is 0.309 e. The van der Waals surface area contributed by atoms with Crippen LogP contribution in [0.1, 0.15) is 11.1 Å². The van der Waals surface area contributed by atoms with E-state index in [1.807, 2.05) is 42.5 Å². The van der Waals surface area contributed by atoms with Crippen LogP contribution in [0.15, 0.2) is 115 Å². The molecular formula is C32H19N3. The highest BCUT2D eigenvalue weighted by Gasteiger charge is 2.20. The van der Waals surface area contributed by atoms with E-state index in [2.05, 4.69) is 71.3 Å². The van der Waals surface area contributed by atoms with E-state index in [0.717, 1.165) is 44.2 Å². The van der Waals surface area contributed by atoms with Gasteiger partial charge >= 0.3 is 0 Å². The van der Waals surface area contributed by atoms with Crippen LogP contribution in [-0.2, 0) is 0 Å². The number of para-hydroxylation sites is 2. The van der Waals surface area contributed by atoms with Crippen molar-refractivity contribution in [3.05, 3.63) is 126 Å². The van der Waals surface area contributed by atoms with Gasteiger partial charge in [-0.05, 0) is 59.2 Å². The van der Waals surface area contributed by atoms with Gasteiger partial charge in [-0.3, -0.25) is 0 Å². The van der Waals surface area contributed by atoms with Crippen molar-refractivity contribution < 1.29 is 0 Å². The normalized spacial score (nSPS) is 10.8. The molecule has 6 aromatic rings. The Hall–Kier alpha value is -5.12. The quantitative estimate of drug-likeness (QED) is 0.278. The highest BCUT2D eigenvalue weighted by Crippen LogP contribution is 2.42. The van der Waals surface area contributed by atoms with Gasteiger partial charge in [-0.2, -0.15) is 10.5 Å². The van der Waals surface area contributed by atoms with Gasteiger partial charge in [0.2, 0.25) is 0 Å². The minimum absolute atomic E-state index is 0.493. The predicted molar refractivity (Wildman–Crippen MR) is 141 cm³/mol. The second kappa shape index (κ2) is 8.34. The number of nitriles is 2. The van der Waals surface area contributed by atoms with Crippen LogP contribution in [0.25, 0.3) is 49.7 Å². The molecule has 0 radical (unpaired) electrons. The standard InChI is InChI=1S/C32H19N3/c33-20-23-12-9-13-24(21-34)32(23)29-18-28-26-16-7-8-17-30(26)35(25-14-5-2-6-15-25)31(28)19-27(29)22-10-3-1-4-11-22/h1-19H. The molecule has 0 fully saturated rings. The number of hydrogen-bond acceptors (Lipinski definition) is 2. The maximum atomic E-state index is 9.94. The molecule has 0 aliphatic rings. The molecule has 0 atom stereocenters. The maximum absolute atomic E-state index is 9.94. The first-order valence-corrected chi connectivity index (χ1v) is 11.4. The Morgan fingerprint density at radius 1 is 0.514 bits per heavy atom. The van der Waals surface area contributed by atoms with E-state index in [9.17, 15) is 10.5 Å². The smallest absolute Gasteiger partial charge is 0.0998 e. The van der Waals surface area contributed by atoms with Gasteiger partial charge in [-0.15, -0.1) is 0 Å². The molecule has 0 unspecified atom stereocenters. The number of fused-ring (bicyclic) bond motifs is 3. The monoisotopic (exact) mass is 445 g/mol. The summed E-state index contributed by atoms with van der Waals surface area (Å²) in [4.78, 5) is 0. The summed E-state index contributed by atoms with van der Waals surface area (Å²) in [6.45, 7) is 0. The summed E-state index contributed by atoms with van der Waals surface area (Å²) < 4.78 is 2.28. The number of nitrogens with zero attached hydrogens (tertiary/aromatic N) is 3. The Kier molecular flexibility index (Phi) is 4.88. The van der Waals surface area contributed by atoms with Gasteiger partial charge in [0.1, 0.15) is 0 Å². The maximum Gasteiger partial charge on any atom is 0.0998 e. The summed E-state index contributed by atoms with van der Waals surface area (Å²) in [6, 6.07) is 43.1. The molecule has 0 amide bonds. The Morgan fingerprint density at radius 3 is 1.83 bits per heavy atom. The van der Waals surface area contributed by atoms with Crippen LogP contribution < -0.4 is 0 Å². The van der Waals surface area contributed by atoms with Crippen LogP contribution in [0.3, 0.4) is 0 Å². The second-order valence-corrected chi connectivity index (χ2v) is 8.42. The molecule has 0 aliphatic carbocycles. The molecule has 0 saturated carbocycles. The molecule has 162 valence electrons. The lowest BCUT2D eigenvalue weighted by atomic mass is 9.88. The van der Waals surface area contributed by atoms with E-state index in [1.54, 1.807) is 18.2 Å². The third-order valence-corrected chi connectivity index (χ3v) is 6.49. The second-order valence-electron chi connectivity index (χ2n) is 8.42. The molecule has 3 heteroatoms. The fourth-order valence-electron chi connectivity index (χ4n) is 4.96. The van der Waals surface area contributed by atoms with Crippen LogP contribution >= 0.6 is 0 Å². The van der Waals surface area contributed by atoms with Gasteiger partial charge in [0.25, 0.3) is 0 Å². The van der Waals surface area contributed by atoms with Crippen molar-refractivity contribution in [2.24, 2.45) is 0 Å². The Morgan fingerprint density at radius 2 is 1.14 bits per heavy atom. The number of rotatable bonds is 3. The molecule has 5 aromatic carbocycles. The van der Waals surface area contributed by atoms with Gasteiger partial charge in [0.15, 0.2) is 0 Å². The molecule has 1 heterocycles. The van der Waals surface area contributed by atoms with E-state index < -0.39 is 0 Å². The van der Waals surface area contributed by atoms with Crippen LogP contribution in [0.2, 0.25) is 0 Å². The fourth-order valence-corrected chi connectivity index (χ4v) is 4.96. The Labute approximate surface area is 203 Å². The van der Waals surface area contributed by atoms with E-state index >= 15 is 0 Å². The van der Waals surface area contributed by atoms with Crippen molar-refractivity contribution in [2.45, 2.75) is 0 Å². The van der Waals surface area contributed by atoms with Crippen molar-refractivity contribution >= 4 is 21.8 Å². The topological polar surface area (TPSA) is 52.5 Å². The SMILES string of the molecule is N#Cc1cccc(C#N)c1-c1cc2c3ccccc3n(-c3ccccc3)c2cc1-c1ccccc1. The van der Waals surface area contributed by atoms with Crippen LogP contribution in [0.5, 0.6) is 0 Å². The predicted octanol–water partition coefficient (Wildman–Crippen LogP) is 7.86. The first kappa shape index (κ1) is 20.5. The molecule has 6 rings (SSSR count). The molecule has 35 heavy (non-hydrogen) atoms. The molecular weight excluding hydrogens is 426 g/mol. The van der Waals surface area contributed by atoms with Crippen molar-refractivity contribution in [1.82, 2.24) is 4.57 Å². The van der Waals surface area contributed by atoms with Gasteiger partial charge in [-0.1, -0.05) is 72.8 Å². The highest BCUT2D eigenvalue weighted by molar-refractivity contribution is 6.13. The van der Waals surface area contributed by atoms with Gasteiger partial charge in [-0.25, -0.2) is 0 Å². The van der Waals surface area contributed by atoms with Crippen LogP contribution in [-0.4, -0.2) is 4.57 Å². The summed E-state index contributed by atoms with van der Waals surface area (Å²) >= 11 is 0. The van der Waals surface area contributed by atoms with Crippen LogP contribution in [0, 0.1) is 22.7 Å². The van der Waals surface area contributed by atoms with Gasteiger partial charge < -0.3 is 4.57 Å². The number of aromatic nitrogens is 1. The number of hydrogen-bond donors (Lipinski definition) is 0. The Balaban J connectivity index is 1.81. The van der Waals surface area contributed by atoms with E-state index in [-0.39, 0.29) is 0 Å². The van der Waals surface area contributed by atoms with Crippen molar-refractivity contribution in [1.29, 1.82) is 10.5 Å². The zero-order chi connectivity index (χ0) is 23.8. The van der Waals surface area contributed by atoms with Gasteiger partial charge in [0.05, 0.1) is 34.3 Å². The lowest BCUT2D eigenvalue weighted by molar-refractivity contribution is 1.18. The summed E-state index contributed by atoms with van der Waals surface area (Å²) in [5.74, 6) is 0. The highest BCUT2D eigenvalue weighted by atomic mass is 15.0. The zero-order valence-electron chi connectivity index (χ0n) is 18.8. The van der Waals surface area contributed by atoms with Crippen molar-refractivity contribution in [3.8, 4) is 40.1 Å². The average Bonchev–Trinajstić information content (AvgIpc) is 3.26.